The van der Waals surface area contributed by atoms with Crippen LogP contribution in [0.25, 0.3) is 11.5 Å². The third-order valence-corrected chi connectivity index (χ3v) is 4.01. The van der Waals surface area contributed by atoms with E-state index in [-0.39, 0.29) is 21.6 Å². The van der Waals surface area contributed by atoms with Gasteiger partial charge in [0.15, 0.2) is 5.78 Å². The molecule has 0 unspecified atom stereocenters. The lowest BCUT2D eigenvalue weighted by Gasteiger charge is -2.04. The van der Waals surface area contributed by atoms with E-state index in [9.17, 15) is 13.6 Å². The molecule has 0 spiro atoms. The highest BCUT2D eigenvalue weighted by Gasteiger charge is 2.19. The lowest BCUT2D eigenvalue weighted by Crippen LogP contribution is -2.06. The van der Waals surface area contributed by atoms with Gasteiger partial charge in [-0.3, -0.25) is 4.79 Å². The molecule has 1 aromatic heterocycles. The van der Waals surface area contributed by atoms with Crippen LogP contribution in [0.1, 0.15) is 10.4 Å². The molecule has 8 heteroatoms. The van der Waals surface area contributed by atoms with Gasteiger partial charge < -0.3 is 9.52 Å². The highest BCUT2D eigenvalue weighted by atomic mass is 32.2. The van der Waals surface area contributed by atoms with Gasteiger partial charge in [0.2, 0.25) is 5.89 Å². The fraction of sp³-hybridized carbons (Fsp3) is 0.0625. The Hall–Kier alpha value is -2.58. The molecule has 24 heavy (non-hydrogen) atoms. The smallest absolute Gasteiger partial charge is 0.281 e. The topological polar surface area (TPSA) is 76.2 Å². The van der Waals surface area contributed by atoms with Gasteiger partial charge in [0.1, 0.15) is 18.2 Å². The van der Waals surface area contributed by atoms with Crippen molar-refractivity contribution in [2.24, 2.45) is 0 Å². The number of nitrogens with zero attached hydrogens (tertiary/aromatic N) is 2. The second-order valence-corrected chi connectivity index (χ2v) is 5.65. The zero-order chi connectivity index (χ0) is 17.1. The first kappa shape index (κ1) is 16.3. The van der Waals surface area contributed by atoms with Crippen molar-refractivity contribution in [2.45, 2.75) is 10.1 Å². The normalized spacial score (nSPS) is 10.8. The number of hydrogen-bond donors (Lipinski definition) is 1. The Labute approximate surface area is 139 Å². The first-order valence-corrected chi connectivity index (χ1v) is 7.60. The summed E-state index contributed by atoms with van der Waals surface area (Å²) in [7, 11) is 0. The second-order valence-electron chi connectivity index (χ2n) is 4.69. The van der Waals surface area contributed by atoms with Gasteiger partial charge in [-0.05, 0) is 36.0 Å². The van der Waals surface area contributed by atoms with Crippen molar-refractivity contribution < 1.29 is 23.1 Å². The van der Waals surface area contributed by atoms with E-state index < -0.39 is 24.0 Å². The predicted octanol–water partition coefficient (Wildman–Crippen LogP) is 3.34. The van der Waals surface area contributed by atoms with E-state index >= 15 is 0 Å². The minimum atomic E-state index is -0.948. The molecule has 0 bridgehead atoms. The Balaban J connectivity index is 1.87. The molecule has 3 rings (SSSR count). The quantitative estimate of drug-likeness (QED) is 0.713. The molecule has 0 amide bonds. The number of carbonyl (C=O) groups is 1. The van der Waals surface area contributed by atoms with Crippen LogP contribution in [0.2, 0.25) is 0 Å². The van der Waals surface area contributed by atoms with E-state index in [0.29, 0.717) is 17.3 Å². The molecule has 0 saturated heterocycles. The van der Waals surface area contributed by atoms with Gasteiger partial charge in [-0.15, -0.1) is 10.2 Å². The average molecular weight is 348 g/mol. The van der Waals surface area contributed by atoms with Gasteiger partial charge in [0.05, 0.1) is 4.90 Å². The Morgan fingerprint density at radius 2 is 1.79 bits per heavy atom. The van der Waals surface area contributed by atoms with Crippen LogP contribution in [-0.2, 0) is 0 Å². The van der Waals surface area contributed by atoms with Crippen molar-refractivity contribution >= 4 is 17.5 Å². The fourth-order valence-electron chi connectivity index (χ4n) is 1.95. The van der Waals surface area contributed by atoms with Gasteiger partial charge in [0, 0.05) is 11.1 Å². The summed E-state index contributed by atoms with van der Waals surface area (Å²) in [6, 6.07) is 10.7. The van der Waals surface area contributed by atoms with Gasteiger partial charge >= 0.3 is 0 Å². The predicted molar refractivity (Wildman–Crippen MR) is 81.6 cm³/mol. The Bertz CT molecular complexity index is 861. The molecule has 0 aliphatic heterocycles. The highest BCUT2D eigenvalue weighted by Crippen LogP contribution is 2.33. The molecule has 1 N–H and O–H groups in total. The van der Waals surface area contributed by atoms with Crippen molar-refractivity contribution in [3.8, 4) is 11.5 Å². The van der Waals surface area contributed by atoms with Gasteiger partial charge in [-0.1, -0.05) is 18.2 Å². The number of hydrogen-bond acceptors (Lipinski definition) is 6. The fourth-order valence-corrected chi connectivity index (χ4v) is 2.64. The van der Waals surface area contributed by atoms with E-state index in [1.165, 1.54) is 0 Å². The zero-order valence-corrected chi connectivity index (χ0v) is 12.9. The van der Waals surface area contributed by atoms with E-state index in [2.05, 4.69) is 10.2 Å². The maximum atomic E-state index is 14.0. The van der Waals surface area contributed by atoms with Gasteiger partial charge in [-0.2, -0.15) is 0 Å². The van der Waals surface area contributed by atoms with Crippen molar-refractivity contribution in [3.63, 3.8) is 0 Å². The maximum absolute atomic E-state index is 14.0. The SMILES string of the molecule is O=C(CO)c1cc(F)c(Sc2nnc(-c3ccccc3)o2)c(F)c1. The molecule has 0 radical (unpaired) electrons. The summed E-state index contributed by atoms with van der Waals surface area (Å²) in [5.74, 6) is -2.44. The van der Waals surface area contributed by atoms with Crippen LogP contribution in [0.5, 0.6) is 0 Å². The molecule has 3 aromatic rings. The third kappa shape index (κ3) is 3.34. The van der Waals surface area contributed by atoms with Crippen molar-refractivity contribution in [2.75, 3.05) is 6.61 Å². The average Bonchev–Trinajstić information content (AvgIpc) is 3.06. The summed E-state index contributed by atoms with van der Waals surface area (Å²) in [5.41, 5.74) is 0.439. The minimum absolute atomic E-state index is 0.0344. The molecule has 0 saturated carbocycles. The number of carbonyl (C=O) groups excluding carboxylic acids is 1. The lowest BCUT2D eigenvalue weighted by molar-refractivity contribution is 0.0902. The molecule has 0 fully saturated rings. The van der Waals surface area contributed by atoms with E-state index in [1.807, 2.05) is 6.07 Å². The third-order valence-electron chi connectivity index (χ3n) is 3.08. The molecule has 2 aromatic carbocycles. The largest absolute Gasteiger partial charge is 0.411 e. The van der Waals surface area contributed by atoms with Crippen molar-refractivity contribution in [1.29, 1.82) is 0 Å². The van der Waals surface area contributed by atoms with Crippen LogP contribution in [-0.4, -0.2) is 27.7 Å². The summed E-state index contributed by atoms with van der Waals surface area (Å²) in [5, 5.41) is 16.3. The zero-order valence-electron chi connectivity index (χ0n) is 12.1. The van der Waals surface area contributed by atoms with Gasteiger partial charge in [0.25, 0.3) is 5.22 Å². The van der Waals surface area contributed by atoms with Crippen LogP contribution in [0.15, 0.2) is 57.0 Å². The molecule has 0 aliphatic rings. The number of aliphatic hydroxyl groups excluding tert-OH is 1. The van der Waals surface area contributed by atoms with Crippen LogP contribution >= 0.6 is 11.8 Å². The monoisotopic (exact) mass is 348 g/mol. The molecule has 5 nitrogen and oxygen atoms in total. The van der Waals surface area contributed by atoms with E-state index in [4.69, 9.17) is 9.52 Å². The molecule has 0 atom stereocenters. The molecular weight excluding hydrogens is 338 g/mol. The summed E-state index contributed by atoms with van der Waals surface area (Å²) in [4.78, 5) is 10.9. The summed E-state index contributed by atoms with van der Waals surface area (Å²) in [6.45, 7) is -0.824. The molecule has 1 heterocycles. The minimum Gasteiger partial charge on any atom is -0.411 e. The molecule has 122 valence electrons. The van der Waals surface area contributed by atoms with Crippen LogP contribution in [0.3, 0.4) is 0 Å². The molecule has 0 aliphatic carbocycles. The Morgan fingerprint density at radius 3 is 2.42 bits per heavy atom. The number of benzene rings is 2. The van der Waals surface area contributed by atoms with Crippen molar-refractivity contribution in [1.82, 2.24) is 10.2 Å². The maximum Gasteiger partial charge on any atom is 0.281 e. The van der Waals surface area contributed by atoms with E-state index in [0.717, 1.165) is 12.1 Å². The van der Waals surface area contributed by atoms with Crippen LogP contribution < -0.4 is 0 Å². The Morgan fingerprint density at radius 1 is 1.12 bits per heavy atom. The first-order chi connectivity index (χ1) is 11.6. The number of aromatic nitrogens is 2. The summed E-state index contributed by atoms with van der Waals surface area (Å²) >= 11 is 0.620. The van der Waals surface area contributed by atoms with Gasteiger partial charge in [-0.25, -0.2) is 8.78 Å². The van der Waals surface area contributed by atoms with Crippen LogP contribution in [0, 0.1) is 11.6 Å². The van der Waals surface area contributed by atoms with Crippen molar-refractivity contribution in [3.05, 3.63) is 59.7 Å². The number of halogens is 2. The number of rotatable bonds is 5. The lowest BCUT2D eigenvalue weighted by atomic mass is 10.1. The standard InChI is InChI=1S/C16H10F2N2O3S/c17-11-6-10(13(22)8-21)7-12(18)14(11)24-16-20-19-15(23-16)9-4-2-1-3-5-9/h1-7,21H,8H2. The number of ketones is 1. The highest BCUT2D eigenvalue weighted by molar-refractivity contribution is 7.99. The summed E-state index contributed by atoms with van der Waals surface area (Å²) in [6.07, 6.45) is 0. The number of Topliss-reactive ketones (excluding diaryl/α,β-unsaturated/α-hetero) is 1. The summed E-state index contributed by atoms with van der Waals surface area (Å²) < 4.78 is 33.5. The number of aliphatic hydroxyl groups is 1. The first-order valence-electron chi connectivity index (χ1n) is 6.78. The van der Waals surface area contributed by atoms with Crippen LogP contribution in [0.4, 0.5) is 8.78 Å². The van der Waals surface area contributed by atoms with E-state index in [1.54, 1.807) is 24.3 Å². The Kier molecular flexibility index (Phi) is 4.68. The second kappa shape index (κ2) is 6.90. The molecular formula is C16H10F2N2O3S.